The number of esters is 1. The molecule has 0 radical (unpaired) electrons. The molecule has 1 aliphatic heterocycles. The molecule has 2 aromatic carbocycles. The number of ether oxygens (including phenoxy) is 1. The van der Waals surface area contributed by atoms with E-state index in [0.29, 0.717) is 22.6 Å². The maximum atomic E-state index is 13.9. The fourth-order valence-electron chi connectivity index (χ4n) is 7.08. The Morgan fingerprint density at radius 3 is 2.32 bits per heavy atom. The second-order valence-electron chi connectivity index (χ2n) is 11.2. The summed E-state index contributed by atoms with van der Waals surface area (Å²) in [7, 11) is 0. The lowest BCUT2D eigenvalue weighted by atomic mass is 9.70. The minimum absolute atomic E-state index is 0.0160. The van der Waals surface area contributed by atoms with E-state index in [1.54, 1.807) is 0 Å². The molecule has 0 spiro atoms. The summed E-state index contributed by atoms with van der Waals surface area (Å²) in [5, 5.41) is 3.42. The van der Waals surface area contributed by atoms with Gasteiger partial charge in [0.1, 0.15) is 6.10 Å². The van der Waals surface area contributed by atoms with Gasteiger partial charge in [-0.05, 0) is 43.1 Å². The molecule has 2 saturated carbocycles. The van der Waals surface area contributed by atoms with Gasteiger partial charge in [0.05, 0.1) is 11.3 Å². The lowest BCUT2D eigenvalue weighted by molar-refractivity contribution is -0.152. The van der Waals surface area contributed by atoms with E-state index in [2.05, 4.69) is 26.1 Å². The molecule has 0 saturated heterocycles. The first-order valence-electron chi connectivity index (χ1n) is 12.4. The molecular weight excluding hydrogens is 422 g/mol. The lowest BCUT2D eigenvalue weighted by Crippen LogP contribution is -2.39. The highest BCUT2D eigenvalue weighted by atomic mass is 16.5. The standard InChI is InChI=1S/C30H31NO3/c1-17-23(28(33)34-22-16-19-14-15-30(22,4)29(19,2)3)24(18-10-6-5-7-11-18)25-26(31-17)20-12-8-9-13-21(20)27(25)32/h5-13,19,22,24,31H,14-16H2,1-4H3/t19-,22+,24+,30-/m0/s1. The number of hydrogen-bond acceptors (Lipinski definition) is 4. The van der Waals surface area contributed by atoms with Gasteiger partial charge in [0.15, 0.2) is 5.78 Å². The van der Waals surface area contributed by atoms with Crippen LogP contribution in [0.4, 0.5) is 0 Å². The van der Waals surface area contributed by atoms with Crippen LogP contribution in [0.15, 0.2) is 71.4 Å². The van der Waals surface area contributed by atoms with Gasteiger partial charge in [-0.15, -0.1) is 0 Å². The van der Waals surface area contributed by atoms with Crippen molar-refractivity contribution in [3.63, 3.8) is 0 Å². The number of nitrogens with one attached hydrogen (secondary N) is 1. The molecule has 4 aliphatic rings. The second kappa shape index (κ2) is 7.18. The van der Waals surface area contributed by atoms with Gasteiger partial charge in [-0.25, -0.2) is 4.79 Å². The van der Waals surface area contributed by atoms with Gasteiger partial charge in [0, 0.05) is 33.7 Å². The Hall–Kier alpha value is -3.14. The SMILES string of the molecule is CC1=C(C(=O)O[C@@H]2C[C@@H]3CC[C@]2(C)C3(C)C)[C@@H](c2ccccc2)C2=C(N1)c1ccccc1C2=O. The predicted octanol–water partition coefficient (Wildman–Crippen LogP) is 6.01. The Labute approximate surface area is 201 Å². The number of carbonyl (C=O) groups is 2. The van der Waals surface area contributed by atoms with Crippen molar-refractivity contribution in [1.29, 1.82) is 0 Å². The third-order valence-electron chi connectivity index (χ3n) is 9.56. The molecule has 174 valence electrons. The van der Waals surface area contributed by atoms with Gasteiger partial charge in [-0.2, -0.15) is 0 Å². The van der Waals surface area contributed by atoms with Crippen LogP contribution >= 0.6 is 0 Å². The monoisotopic (exact) mass is 453 g/mol. The number of benzene rings is 2. The first kappa shape index (κ1) is 21.4. The quantitative estimate of drug-likeness (QED) is 0.578. The Bertz CT molecular complexity index is 1290. The molecule has 0 amide bonds. The minimum Gasteiger partial charge on any atom is -0.458 e. The molecule has 34 heavy (non-hydrogen) atoms. The van der Waals surface area contributed by atoms with Crippen LogP contribution in [0.3, 0.4) is 0 Å². The highest BCUT2D eigenvalue weighted by molar-refractivity contribution is 6.23. The first-order valence-corrected chi connectivity index (χ1v) is 12.4. The first-order chi connectivity index (χ1) is 16.2. The summed E-state index contributed by atoms with van der Waals surface area (Å²) < 4.78 is 6.34. The maximum absolute atomic E-state index is 13.9. The van der Waals surface area contributed by atoms with Crippen LogP contribution in [-0.4, -0.2) is 17.9 Å². The molecule has 4 atom stereocenters. The summed E-state index contributed by atoms with van der Waals surface area (Å²) in [5.74, 6) is -0.189. The molecule has 0 aromatic heterocycles. The normalized spacial score (nSPS) is 30.8. The number of carbonyl (C=O) groups excluding carboxylic acids is 2. The Morgan fingerprint density at radius 1 is 1.00 bits per heavy atom. The summed E-state index contributed by atoms with van der Waals surface area (Å²) in [4.78, 5) is 27.5. The zero-order chi connectivity index (χ0) is 23.8. The molecule has 4 heteroatoms. The molecule has 0 unspecified atom stereocenters. The van der Waals surface area contributed by atoms with E-state index in [9.17, 15) is 9.59 Å². The smallest absolute Gasteiger partial charge is 0.337 e. The van der Waals surface area contributed by atoms with E-state index in [4.69, 9.17) is 4.74 Å². The second-order valence-corrected chi connectivity index (χ2v) is 11.2. The van der Waals surface area contributed by atoms with Crippen LogP contribution < -0.4 is 5.32 Å². The number of rotatable bonds is 3. The summed E-state index contributed by atoms with van der Waals surface area (Å²) in [6.07, 6.45) is 3.11. The third-order valence-corrected chi connectivity index (χ3v) is 9.56. The van der Waals surface area contributed by atoms with Crippen LogP contribution in [0.1, 0.15) is 74.4 Å². The summed E-state index contributed by atoms with van der Waals surface area (Å²) in [5.41, 5.74) is 5.43. The molecule has 1 N–H and O–H groups in total. The summed E-state index contributed by atoms with van der Waals surface area (Å²) >= 11 is 0. The van der Waals surface area contributed by atoms with Crippen molar-refractivity contribution >= 4 is 17.4 Å². The van der Waals surface area contributed by atoms with Gasteiger partial charge in [0.2, 0.25) is 0 Å². The van der Waals surface area contributed by atoms with Crippen molar-refractivity contribution in [2.45, 2.75) is 59.0 Å². The van der Waals surface area contributed by atoms with Crippen molar-refractivity contribution in [2.75, 3.05) is 0 Å². The molecule has 1 heterocycles. The average Bonchev–Trinajstić information content (AvgIpc) is 3.31. The van der Waals surface area contributed by atoms with E-state index in [-0.39, 0.29) is 28.7 Å². The van der Waals surface area contributed by atoms with Crippen LogP contribution in [-0.2, 0) is 9.53 Å². The molecule has 4 nitrogen and oxygen atoms in total. The van der Waals surface area contributed by atoms with E-state index in [1.165, 1.54) is 6.42 Å². The van der Waals surface area contributed by atoms with Gasteiger partial charge in [-0.1, -0.05) is 75.4 Å². The number of hydrogen-bond donors (Lipinski definition) is 1. The molecule has 2 bridgehead atoms. The van der Waals surface area contributed by atoms with Crippen molar-refractivity contribution in [2.24, 2.45) is 16.7 Å². The van der Waals surface area contributed by atoms with Crippen molar-refractivity contribution < 1.29 is 14.3 Å². The lowest BCUT2D eigenvalue weighted by Gasteiger charge is -2.39. The molecule has 6 rings (SSSR count). The predicted molar refractivity (Wildman–Crippen MR) is 132 cm³/mol. The highest BCUT2D eigenvalue weighted by Crippen LogP contribution is 2.66. The van der Waals surface area contributed by atoms with Gasteiger partial charge < -0.3 is 10.1 Å². The van der Waals surface area contributed by atoms with Crippen LogP contribution in [0.5, 0.6) is 0 Å². The van der Waals surface area contributed by atoms with E-state index < -0.39 is 5.92 Å². The number of ketones is 1. The number of allylic oxidation sites excluding steroid dienone is 2. The van der Waals surface area contributed by atoms with Gasteiger partial charge >= 0.3 is 5.97 Å². The van der Waals surface area contributed by atoms with Crippen LogP contribution in [0.2, 0.25) is 0 Å². The topological polar surface area (TPSA) is 55.4 Å². The fraction of sp³-hybridized carbons (Fsp3) is 0.400. The fourth-order valence-corrected chi connectivity index (χ4v) is 7.08. The Balaban J connectivity index is 1.41. The van der Waals surface area contributed by atoms with E-state index in [1.807, 2.05) is 61.5 Å². The number of Topliss-reactive ketones (excluding diaryl/α,β-unsaturated/α-hetero) is 1. The molecule has 2 fully saturated rings. The van der Waals surface area contributed by atoms with Crippen molar-refractivity contribution in [1.82, 2.24) is 5.32 Å². The molecule has 2 aromatic rings. The van der Waals surface area contributed by atoms with E-state index in [0.717, 1.165) is 35.4 Å². The number of fused-ring (bicyclic) bond motifs is 4. The Kier molecular flexibility index (Phi) is 4.52. The Morgan fingerprint density at radius 2 is 1.68 bits per heavy atom. The van der Waals surface area contributed by atoms with Crippen molar-refractivity contribution in [3.8, 4) is 0 Å². The van der Waals surface area contributed by atoms with Crippen LogP contribution in [0, 0.1) is 16.7 Å². The van der Waals surface area contributed by atoms with Crippen LogP contribution in [0.25, 0.3) is 5.70 Å². The molecule has 3 aliphatic carbocycles. The average molecular weight is 454 g/mol. The maximum Gasteiger partial charge on any atom is 0.337 e. The zero-order valence-electron chi connectivity index (χ0n) is 20.3. The number of dihydropyridines is 1. The minimum atomic E-state index is -0.454. The third kappa shape index (κ3) is 2.71. The molecular formula is C30H31NO3. The largest absolute Gasteiger partial charge is 0.458 e. The van der Waals surface area contributed by atoms with Crippen molar-refractivity contribution in [3.05, 3.63) is 88.1 Å². The summed E-state index contributed by atoms with van der Waals surface area (Å²) in [6.45, 7) is 8.85. The highest BCUT2D eigenvalue weighted by Gasteiger charge is 2.63. The van der Waals surface area contributed by atoms with Gasteiger partial charge in [-0.3, -0.25) is 4.79 Å². The summed E-state index contributed by atoms with van der Waals surface area (Å²) in [6, 6.07) is 17.5. The van der Waals surface area contributed by atoms with E-state index >= 15 is 0 Å². The van der Waals surface area contributed by atoms with Gasteiger partial charge in [0.25, 0.3) is 0 Å². The zero-order valence-corrected chi connectivity index (χ0v) is 20.3.